The Bertz CT molecular complexity index is 534. The van der Waals surface area contributed by atoms with Crippen LogP contribution in [0, 0.1) is 11.8 Å². The molecule has 1 aliphatic heterocycles. The van der Waals surface area contributed by atoms with Gasteiger partial charge in [-0.2, -0.15) is 0 Å². The number of hydrogen-bond donors (Lipinski definition) is 1. The molecule has 0 radical (unpaired) electrons. The molecule has 0 aromatic heterocycles. The molecular weight excluding hydrogens is 368 g/mol. The van der Waals surface area contributed by atoms with Crippen molar-refractivity contribution in [1.29, 1.82) is 0 Å². The second kappa shape index (κ2) is 11.2. The highest BCUT2D eigenvalue weighted by molar-refractivity contribution is 8.17. The first kappa shape index (κ1) is 21.6. The lowest BCUT2D eigenvalue weighted by Crippen LogP contribution is -2.40. The maximum Gasteiger partial charge on any atom is 0.308 e. The van der Waals surface area contributed by atoms with Crippen molar-refractivity contribution in [2.45, 2.75) is 50.1 Å². The topological polar surface area (TPSA) is 55.8 Å². The third-order valence-corrected chi connectivity index (χ3v) is 8.20. The third-order valence-electron chi connectivity index (χ3n) is 4.81. The molecule has 1 aromatic rings. The lowest BCUT2D eigenvalue weighted by atomic mass is 9.88. The van der Waals surface area contributed by atoms with Gasteiger partial charge in [-0.05, 0) is 23.5 Å². The number of benzene rings is 1. The zero-order valence-corrected chi connectivity index (χ0v) is 17.4. The summed E-state index contributed by atoms with van der Waals surface area (Å²) in [6.45, 7) is 4.68. The summed E-state index contributed by atoms with van der Waals surface area (Å²) in [4.78, 5) is 11.6. The van der Waals surface area contributed by atoms with E-state index in [-0.39, 0.29) is 30.3 Å². The smallest absolute Gasteiger partial charge is 0.308 e. The first-order valence-corrected chi connectivity index (χ1v) is 11.3. The quantitative estimate of drug-likeness (QED) is 0.636. The molecule has 1 fully saturated rings. The van der Waals surface area contributed by atoms with E-state index < -0.39 is 6.10 Å². The van der Waals surface area contributed by atoms with Crippen molar-refractivity contribution in [3.05, 3.63) is 35.9 Å². The Hall–Kier alpha value is -0.690. The van der Waals surface area contributed by atoms with Crippen molar-refractivity contribution in [2.24, 2.45) is 11.8 Å². The summed E-state index contributed by atoms with van der Waals surface area (Å²) in [5.41, 5.74) is 1.11. The molecule has 26 heavy (non-hydrogen) atoms. The van der Waals surface area contributed by atoms with Crippen molar-refractivity contribution in [3.63, 3.8) is 0 Å². The molecule has 2 rings (SSSR count). The second-order valence-corrected chi connectivity index (χ2v) is 9.59. The number of aliphatic hydroxyl groups is 1. The molecule has 0 bridgehead atoms. The van der Waals surface area contributed by atoms with Crippen LogP contribution in [-0.4, -0.2) is 46.5 Å². The maximum atomic E-state index is 11.6. The number of esters is 1. The number of thioether (sulfide) groups is 2. The Morgan fingerprint density at radius 1 is 1.23 bits per heavy atom. The summed E-state index contributed by atoms with van der Waals surface area (Å²) in [7, 11) is 1.35. The van der Waals surface area contributed by atoms with E-state index in [1.54, 1.807) is 0 Å². The molecule has 1 N–H and O–H groups in total. The van der Waals surface area contributed by atoms with Gasteiger partial charge in [0.15, 0.2) is 0 Å². The summed E-state index contributed by atoms with van der Waals surface area (Å²) < 4.78 is 11.5. The zero-order valence-electron chi connectivity index (χ0n) is 15.8. The molecule has 1 saturated heterocycles. The van der Waals surface area contributed by atoms with Crippen LogP contribution in [0.1, 0.15) is 32.3 Å². The summed E-state index contributed by atoms with van der Waals surface area (Å²) in [5, 5.41) is 10.5. The lowest BCUT2D eigenvalue weighted by Gasteiger charge is -2.37. The minimum Gasteiger partial charge on any atom is -0.469 e. The minimum atomic E-state index is -0.774. The maximum absolute atomic E-state index is 11.6. The fourth-order valence-corrected chi connectivity index (χ4v) is 6.32. The van der Waals surface area contributed by atoms with E-state index in [0.717, 1.165) is 5.56 Å². The van der Waals surface area contributed by atoms with Gasteiger partial charge in [-0.3, -0.25) is 4.79 Å². The minimum absolute atomic E-state index is 0.000532. The average Bonchev–Trinajstić information content (AvgIpc) is 2.69. The highest BCUT2D eigenvalue weighted by atomic mass is 32.2. The summed E-state index contributed by atoms with van der Waals surface area (Å²) >= 11 is 3.96. The van der Waals surface area contributed by atoms with Crippen LogP contribution in [0.4, 0.5) is 0 Å². The van der Waals surface area contributed by atoms with Gasteiger partial charge in [-0.1, -0.05) is 44.2 Å². The molecule has 1 aromatic carbocycles. The number of carbonyl (C=O) groups is 1. The molecule has 1 aliphatic rings. The van der Waals surface area contributed by atoms with E-state index in [1.807, 2.05) is 60.8 Å². The zero-order chi connectivity index (χ0) is 18.9. The molecular formula is C20H30O4S2. The van der Waals surface area contributed by atoms with Crippen LogP contribution in [0.25, 0.3) is 0 Å². The van der Waals surface area contributed by atoms with Crippen LogP contribution < -0.4 is 0 Å². The van der Waals surface area contributed by atoms with Crippen LogP contribution in [0.2, 0.25) is 0 Å². The number of hydrogen-bond acceptors (Lipinski definition) is 6. The predicted octanol–water partition coefficient (Wildman–Crippen LogP) is 3.96. The fraction of sp³-hybridized carbons (Fsp3) is 0.650. The van der Waals surface area contributed by atoms with E-state index in [2.05, 4.69) is 6.92 Å². The molecule has 0 aliphatic carbocycles. The van der Waals surface area contributed by atoms with Crippen molar-refractivity contribution >= 4 is 29.5 Å². The largest absolute Gasteiger partial charge is 0.469 e. The molecule has 6 heteroatoms. The summed E-state index contributed by atoms with van der Waals surface area (Å²) in [5.74, 6) is 2.08. The Kier molecular flexibility index (Phi) is 9.33. The van der Waals surface area contributed by atoms with E-state index >= 15 is 0 Å². The Labute approximate surface area is 165 Å². The van der Waals surface area contributed by atoms with Gasteiger partial charge in [0.25, 0.3) is 0 Å². The number of ether oxygens (including phenoxy) is 2. The Morgan fingerprint density at radius 2 is 1.88 bits per heavy atom. The van der Waals surface area contributed by atoms with E-state index in [9.17, 15) is 9.90 Å². The van der Waals surface area contributed by atoms with Gasteiger partial charge in [0.05, 0.1) is 36.9 Å². The number of aliphatic hydroxyl groups excluding tert-OH is 1. The van der Waals surface area contributed by atoms with Crippen molar-refractivity contribution in [2.75, 3.05) is 18.6 Å². The van der Waals surface area contributed by atoms with Gasteiger partial charge in [-0.15, -0.1) is 23.5 Å². The summed E-state index contributed by atoms with van der Waals surface area (Å²) in [6, 6.07) is 10.1. The van der Waals surface area contributed by atoms with E-state index in [4.69, 9.17) is 9.47 Å². The van der Waals surface area contributed by atoms with Gasteiger partial charge in [0.1, 0.15) is 0 Å². The highest BCUT2D eigenvalue weighted by Gasteiger charge is 2.36. The number of methoxy groups -OCH3 is 1. The second-order valence-electron chi connectivity index (χ2n) is 6.79. The SMILES string of the molecule is COC(=O)C[C@@H](O)[C@@H](C)[C@H](OCc1ccccc1)[C@H](C)C1SCCCS1. The molecule has 4 nitrogen and oxygen atoms in total. The molecule has 0 spiro atoms. The fourth-order valence-electron chi connectivity index (χ4n) is 3.17. The lowest BCUT2D eigenvalue weighted by molar-refractivity contribution is -0.145. The predicted molar refractivity (Wildman–Crippen MR) is 109 cm³/mol. The van der Waals surface area contributed by atoms with Crippen LogP contribution in [0.5, 0.6) is 0 Å². The van der Waals surface area contributed by atoms with Gasteiger partial charge in [0, 0.05) is 11.8 Å². The highest BCUT2D eigenvalue weighted by Crippen LogP contribution is 2.40. The van der Waals surface area contributed by atoms with E-state index in [0.29, 0.717) is 11.2 Å². The van der Waals surface area contributed by atoms with Gasteiger partial charge < -0.3 is 14.6 Å². The first-order valence-electron chi connectivity index (χ1n) is 9.16. The van der Waals surface area contributed by atoms with Crippen molar-refractivity contribution in [1.82, 2.24) is 0 Å². The average molecular weight is 399 g/mol. The van der Waals surface area contributed by atoms with Crippen LogP contribution in [0.3, 0.4) is 0 Å². The van der Waals surface area contributed by atoms with Crippen LogP contribution in [0.15, 0.2) is 30.3 Å². The number of carbonyl (C=O) groups excluding carboxylic acids is 1. The Balaban J connectivity index is 2.06. The first-order chi connectivity index (χ1) is 12.5. The molecule has 4 atom stereocenters. The van der Waals surface area contributed by atoms with Crippen molar-refractivity contribution < 1.29 is 19.4 Å². The number of rotatable bonds is 9. The van der Waals surface area contributed by atoms with Gasteiger partial charge in [-0.25, -0.2) is 0 Å². The van der Waals surface area contributed by atoms with Crippen molar-refractivity contribution in [3.8, 4) is 0 Å². The monoisotopic (exact) mass is 398 g/mol. The molecule has 0 unspecified atom stereocenters. The molecule has 0 saturated carbocycles. The van der Waals surface area contributed by atoms with E-state index in [1.165, 1.54) is 25.0 Å². The molecule has 0 amide bonds. The standard InChI is InChI=1S/C20H30O4S2/c1-14(17(21)12-18(22)23-3)19(15(2)20-25-10-7-11-26-20)24-13-16-8-5-4-6-9-16/h4-6,8-9,14-15,17,19-21H,7,10-13H2,1-3H3/t14-,15+,17-,19+/m1/s1. The normalized spacial score (nSPS) is 20.2. The van der Waals surface area contributed by atoms with Gasteiger partial charge in [0.2, 0.25) is 0 Å². The molecule has 1 heterocycles. The third kappa shape index (κ3) is 6.48. The van der Waals surface area contributed by atoms with Gasteiger partial charge >= 0.3 is 5.97 Å². The van der Waals surface area contributed by atoms with Crippen LogP contribution in [-0.2, 0) is 20.9 Å². The Morgan fingerprint density at radius 3 is 2.50 bits per heavy atom. The summed E-state index contributed by atoms with van der Waals surface area (Å²) in [6.07, 6.45) is 0.344. The van der Waals surface area contributed by atoms with Crippen LogP contribution >= 0.6 is 23.5 Å². The molecule has 146 valence electrons.